The lowest BCUT2D eigenvalue weighted by Crippen LogP contribution is -2.53. The first-order valence-electron chi connectivity index (χ1n) is 24.6. The number of ether oxygens (including phenoxy) is 1. The molecule has 0 N–H and O–H groups in total. The molecule has 0 aromatic carbocycles. The molecule has 0 saturated carbocycles. The Balaban J connectivity index is 0.703. The van der Waals surface area contributed by atoms with Gasteiger partial charge in [-0.2, -0.15) is 30.5 Å². The molecule has 23 heteroatoms. The number of pyridine rings is 3. The van der Waals surface area contributed by atoms with Gasteiger partial charge in [-0.15, -0.1) is 4.68 Å². The van der Waals surface area contributed by atoms with Crippen molar-refractivity contribution in [1.29, 1.82) is 10.5 Å². The molecular weight excluding hydrogens is 956 g/mol. The lowest BCUT2D eigenvalue weighted by atomic mass is 10.1. The molecule has 0 bridgehead atoms. The molecule has 2 atom stereocenters. The van der Waals surface area contributed by atoms with Gasteiger partial charge in [-0.1, -0.05) is 6.07 Å². The molecule has 376 valence electrons. The second-order valence-electron chi connectivity index (χ2n) is 18.9. The summed E-state index contributed by atoms with van der Waals surface area (Å²) in [6.07, 6.45) is 16.2. The fourth-order valence-electron chi connectivity index (χ4n) is 10.4. The monoisotopic (exact) mass is 1010 g/mol. The number of aryl methyl sites for hydroxylation is 2. The second-order valence-corrected chi connectivity index (χ2v) is 18.9. The number of alkyl halides is 1. The number of hydrogen-bond acceptors (Lipinski definition) is 15. The standard InChI is InChI=1S/C52H50FN20O2/c1-64-26-38(25-58-64)42-31-71-50(36(19-54)23-59-71)48(62-42)34-8-10-46(57-21-34)68-15-17-69(18-16-68)52(74)70-30-41(53)44(33-70)73-28-39(27-65(73)2)43-32-72-51(37(20-55)24-60-72)49(63-43)35-7-9-45(56-22-35)67-13-11-66(12-14-67)29-40-5-4-6-47(61-40)75-3/h4-10,21-28,31-32,41,44H,11-18,29-30,33H2,1-3H3/q+1/t41-,44?/m1/s1. The molecule has 12 heterocycles. The van der Waals surface area contributed by atoms with Crippen molar-refractivity contribution >= 4 is 28.7 Å². The van der Waals surface area contributed by atoms with Gasteiger partial charge in [-0.05, 0) is 30.3 Å². The van der Waals surface area contributed by atoms with Crippen molar-refractivity contribution in [3.8, 4) is 63.0 Å². The van der Waals surface area contributed by atoms with Crippen molar-refractivity contribution < 1.29 is 18.6 Å². The minimum atomic E-state index is -1.31. The van der Waals surface area contributed by atoms with Crippen molar-refractivity contribution in [2.45, 2.75) is 18.8 Å². The van der Waals surface area contributed by atoms with Gasteiger partial charge in [0.05, 0.1) is 98.5 Å². The zero-order valence-electron chi connectivity index (χ0n) is 41.4. The molecule has 0 aliphatic carbocycles. The zero-order valence-corrected chi connectivity index (χ0v) is 41.4. The molecule has 1 unspecified atom stereocenters. The second kappa shape index (κ2) is 19.2. The van der Waals surface area contributed by atoms with Crippen molar-refractivity contribution in [2.24, 2.45) is 14.1 Å². The van der Waals surface area contributed by atoms with Gasteiger partial charge in [0.15, 0.2) is 6.17 Å². The van der Waals surface area contributed by atoms with E-state index in [1.165, 1.54) is 12.4 Å². The van der Waals surface area contributed by atoms with Crippen LogP contribution in [0.4, 0.5) is 20.8 Å². The van der Waals surface area contributed by atoms with Gasteiger partial charge in [0, 0.05) is 107 Å². The summed E-state index contributed by atoms with van der Waals surface area (Å²) in [4.78, 5) is 48.4. The van der Waals surface area contributed by atoms with Crippen molar-refractivity contribution in [2.75, 3.05) is 82.4 Å². The predicted molar refractivity (Wildman–Crippen MR) is 272 cm³/mol. The minimum absolute atomic E-state index is 0.0354. The van der Waals surface area contributed by atoms with Crippen LogP contribution in [-0.4, -0.2) is 158 Å². The SMILES string of the molecule is COc1cccc(CN2CCN(c3ccc(-c4nc(-c5cn(C)[n+](C6CN(C(=O)N7CCN(c8ccc(-c9nc(-c%10cnn(C)c%10)cn%10ncc(C#N)c9%10)cn8)CC7)C[C@H]6F)c5)cn5ncc(C#N)c45)cn3)CC2)n1. The maximum atomic E-state index is 16.2. The first-order valence-corrected chi connectivity index (χ1v) is 24.6. The van der Waals surface area contributed by atoms with E-state index in [1.807, 2.05) is 84.5 Å². The third-order valence-electron chi connectivity index (χ3n) is 14.3. The van der Waals surface area contributed by atoms with E-state index in [0.29, 0.717) is 82.6 Å². The summed E-state index contributed by atoms with van der Waals surface area (Å²) in [5.41, 5.74) is 8.23. The number of anilines is 2. The van der Waals surface area contributed by atoms with Crippen LogP contribution < -0.4 is 19.2 Å². The van der Waals surface area contributed by atoms with Gasteiger partial charge in [-0.3, -0.25) is 9.58 Å². The molecule has 9 aromatic rings. The van der Waals surface area contributed by atoms with Crippen LogP contribution in [-0.2, 0) is 20.6 Å². The van der Waals surface area contributed by atoms with E-state index in [0.717, 1.165) is 66.7 Å². The van der Waals surface area contributed by atoms with Gasteiger partial charge in [0.1, 0.15) is 45.9 Å². The minimum Gasteiger partial charge on any atom is -0.481 e. The van der Waals surface area contributed by atoms with Gasteiger partial charge in [-0.25, -0.2) is 43.1 Å². The van der Waals surface area contributed by atoms with Crippen LogP contribution in [0.25, 0.3) is 56.1 Å². The van der Waals surface area contributed by atoms with Gasteiger partial charge >= 0.3 is 6.03 Å². The molecule has 3 aliphatic heterocycles. The molecule has 0 spiro atoms. The molecule has 22 nitrogen and oxygen atoms in total. The molecule has 2 amide bonds. The van der Waals surface area contributed by atoms with E-state index in [9.17, 15) is 15.3 Å². The molecule has 75 heavy (non-hydrogen) atoms. The largest absolute Gasteiger partial charge is 0.481 e. The maximum Gasteiger partial charge on any atom is 0.320 e. The van der Waals surface area contributed by atoms with Crippen molar-refractivity contribution in [1.82, 2.24) is 73.3 Å². The highest BCUT2D eigenvalue weighted by Crippen LogP contribution is 2.32. The van der Waals surface area contributed by atoms with E-state index in [1.54, 1.807) is 61.6 Å². The zero-order chi connectivity index (χ0) is 51.3. The normalized spacial score (nSPS) is 17.3. The van der Waals surface area contributed by atoms with Crippen LogP contribution in [0.2, 0.25) is 0 Å². The summed E-state index contributed by atoms with van der Waals surface area (Å²) in [6, 6.07) is 17.3. The van der Waals surface area contributed by atoms with Crippen molar-refractivity contribution in [3.05, 3.63) is 121 Å². The van der Waals surface area contributed by atoms with Crippen LogP contribution >= 0.6 is 0 Å². The third-order valence-corrected chi connectivity index (χ3v) is 14.3. The molecule has 3 fully saturated rings. The topological polar surface area (TPSA) is 216 Å². The highest BCUT2D eigenvalue weighted by Gasteiger charge is 2.45. The Labute approximate surface area is 429 Å². The molecule has 12 rings (SSSR count). The number of nitriles is 2. The van der Waals surface area contributed by atoms with Crippen LogP contribution in [0, 0.1) is 22.7 Å². The van der Waals surface area contributed by atoms with Gasteiger partial charge in [0.25, 0.3) is 0 Å². The molecule has 3 saturated heterocycles. The van der Waals surface area contributed by atoms with E-state index >= 15 is 4.39 Å². The predicted octanol–water partition coefficient (Wildman–Crippen LogP) is 4.20. The lowest BCUT2D eigenvalue weighted by molar-refractivity contribution is -0.796. The molecular formula is C52H50FN20O2+. The third kappa shape index (κ3) is 8.82. The number of urea groups is 1. The van der Waals surface area contributed by atoms with E-state index < -0.39 is 12.2 Å². The van der Waals surface area contributed by atoms with Crippen LogP contribution in [0.5, 0.6) is 5.88 Å². The van der Waals surface area contributed by atoms with E-state index in [-0.39, 0.29) is 19.1 Å². The maximum absolute atomic E-state index is 16.2. The van der Waals surface area contributed by atoms with Crippen molar-refractivity contribution in [3.63, 3.8) is 0 Å². The summed E-state index contributed by atoms with van der Waals surface area (Å²) < 4.78 is 30.1. The number of carbonyl (C=O) groups is 1. The summed E-state index contributed by atoms with van der Waals surface area (Å²) in [7, 11) is 5.31. The number of carbonyl (C=O) groups excluding carboxylic acids is 1. The highest BCUT2D eigenvalue weighted by molar-refractivity contribution is 5.84. The molecule has 9 aromatic heterocycles. The fourth-order valence-corrected chi connectivity index (χ4v) is 10.4. The number of piperazine rings is 2. The Kier molecular flexibility index (Phi) is 12.0. The van der Waals surface area contributed by atoms with Crippen LogP contribution in [0.3, 0.4) is 0 Å². The van der Waals surface area contributed by atoms with E-state index in [2.05, 4.69) is 47.1 Å². The number of rotatable bonds is 10. The summed E-state index contributed by atoms with van der Waals surface area (Å²) in [6.45, 7) is 6.16. The number of halogens is 1. The quantitative estimate of drug-likeness (QED) is 0.176. The Morgan fingerprint density at radius 3 is 1.85 bits per heavy atom. The molecule has 3 aliphatic rings. The number of amides is 2. The number of nitrogens with zero attached hydrogens (tertiary/aromatic N) is 20. The summed E-state index contributed by atoms with van der Waals surface area (Å²) in [5, 5.41) is 33.2. The fraction of sp³-hybridized carbons (Fsp3) is 0.308. The number of aromatic nitrogens is 13. The van der Waals surface area contributed by atoms with Gasteiger partial charge in [0.2, 0.25) is 18.1 Å². The Morgan fingerprint density at radius 2 is 1.29 bits per heavy atom. The number of likely N-dealkylation sites (tertiary alicyclic amines) is 1. The number of fused-ring (bicyclic) bond motifs is 2. The first-order chi connectivity index (χ1) is 36.6. The Hall–Kier alpha value is -9.35. The Morgan fingerprint density at radius 1 is 0.680 bits per heavy atom. The lowest BCUT2D eigenvalue weighted by Gasteiger charge is -2.37. The van der Waals surface area contributed by atoms with E-state index in [4.69, 9.17) is 24.7 Å². The Bertz CT molecular complexity index is 3690. The highest BCUT2D eigenvalue weighted by atomic mass is 19.1. The average Bonchev–Trinajstić information content (AvgIpc) is 4.33. The average molecular weight is 1010 g/mol. The number of methoxy groups -OCH3 is 1. The molecule has 0 radical (unpaired) electrons. The number of hydrogen-bond donors (Lipinski definition) is 0. The summed E-state index contributed by atoms with van der Waals surface area (Å²) in [5.74, 6) is 2.20. The summed E-state index contributed by atoms with van der Waals surface area (Å²) >= 11 is 0. The smallest absolute Gasteiger partial charge is 0.320 e. The van der Waals surface area contributed by atoms with Crippen LogP contribution in [0.1, 0.15) is 22.9 Å². The van der Waals surface area contributed by atoms with Crippen LogP contribution in [0.15, 0.2) is 104 Å². The van der Waals surface area contributed by atoms with Gasteiger partial charge < -0.3 is 24.3 Å². The first kappa shape index (κ1) is 46.7.